The van der Waals surface area contributed by atoms with Gasteiger partial charge in [-0.3, -0.25) is 4.79 Å². The molecule has 0 unspecified atom stereocenters. The van der Waals surface area contributed by atoms with Crippen molar-refractivity contribution in [2.75, 3.05) is 18.2 Å². The molecule has 5 nitrogen and oxygen atoms in total. The Hall–Kier alpha value is -2.08. The highest BCUT2D eigenvalue weighted by Gasteiger charge is 2.23. The summed E-state index contributed by atoms with van der Waals surface area (Å²) in [4.78, 5) is 17.8. The van der Waals surface area contributed by atoms with Gasteiger partial charge >= 0.3 is 0 Å². The number of rotatable bonds is 4. The molecule has 0 bridgehead atoms. The molecule has 1 aliphatic carbocycles. The molecule has 1 heterocycles. The van der Waals surface area contributed by atoms with E-state index in [2.05, 4.69) is 10.3 Å². The van der Waals surface area contributed by atoms with Crippen molar-refractivity contribution in [3.05, 3.63) is 33.8 Å². The van der Waals surface area contributed by atoms with Gasteiger partial charge in [0.2, 0.25) is 0 Å². The average molecular weight is 331 g/mol. The Morgan fingerprint density at radius 3 is 2.78 bits per heavy atom. The zero-order chi connectivity index (χ0) is 16.4. The predicted octanol–water partition coefficient (Wildman–Crippen LogP) is 3.95. The summed E-state index contributed by atoms with van der Waals surface area (Å²) in [6, 6.07) is 5.22. The fourth-order valence-electron chi connectivity index (χ4n) is 2.98. The van der Waals surface area contributed by atoms with Crippen molar-refractivity contribution in [2.24, 2.45) is 0 Å². The van der Waals surface area contributed by atoms with Gasteiger partial charge in [-0.15, -0.1) is 11.3 Å². The Balaban J connectivity index is 1.76. The van der Waals surface area contributed by atoms with Crippen LogP contribution in [0.4, 0.5) is 11.4 Å². The zero-order valence-electron chi connectivity index (χ0n) is 13.4. The van der Waals surface area contributed by atoms with Crippen LogP contribution in [-0.4, -0.2) is 18.0 Å². The number of nitrogens with one attached hydrogen (secondary N) is 1. The fraction of sp³-hybridized carbons (Fsp3) is 0.412. The minimum absolute atomic E-state index is 0.131. The number of carbonyl (C=O) groups excluding carboxylic acids is 1. The van der Waals surface area contributed by atoms with Crippen molar-refractivity contribution in [3.8, 4) is 5.75 Å². The summed E-state index contributed by atoms with van der Waals surface area (Å²) in [7, 11) is 1.56. The second-order valence-corrected chi connectivity index (χ2v) is 6.89. The van der Waals surface area contributed by atoms with Gasteiger partial charge in [0, 0.05) is 11.6 Å². The van der Waals surface area contributed by atoms with E-state index in [1.165, 1.54) is 37.0 Å². The summed E-state index contributed by atoms with van der Waals surface area (Å²) in [5.41, 5.74) is 7.83. The third kappa shape index (κ3) is 3.32. The molecule has 1 amide bonds. The summed E-state index contributed by atoms with van der Waals surface area (Å²) in [6.07, 6.45) is 4.89. The molecule has 3 rings (SSSR count). The maximum absolute atomic E-state index is 12.5. The summed E-state index contributed by atoms with van der Waals surface area (Å²) >= 11 is 1.52. The number of thiazole rings is 1. The lowest BCUT2D eigenvalue weighted by molar-refractivity contribution is 0.103. The molecule has 122 valence electrons. The number of anilines is 2. The third-order valence-electron chi connectivity index (χ3n) is 4.21. The molecular weight excluding hydrogens is 310 g/mol. The average Bonchev–Trinajstić information content (AvgIpc) is 3.16. The molecule has 0 aliphatic heterocycles. The number of ether oxygens (including phenoxy) is 1. The number of hydrogen-bond acceptors (Lipinski definition) is 5. The van der Waals surface area contributed by atoms with Crippen LogP contribution in [0.25, 0.3) is 0 Å². The highest BCUT2D eigenvalue weighted by molar-refractivity contribution is 7.14. The van der Waals surface area contributed by atoms with Gasteiger partial charge in [0.1, 0.15) is 10.6 Å². The number of methoxy groups -OCH3 is 1. The van der Waals surface area contributed by atoms with Crippen LogP contribution in [-0.2, 0) is 0 Å². The first-order valence-corrected chi connectivity index (χ1v) is 8.62. The Bertz CT molecular complexity index is 721. The SMILES string of the molecule is COc1ccc(NC(=O)c2sc(C3CCCC3)nc2C)cc1N. The Morgan fingerprint density at radius 1 is 1.39 bits per heavy atom. The van der Waals surface area contributed by atoms with E-state index in [-0.39, 0.29) is 5.91 Å². The Labute approximate surface area is 139 Å². The van der Waals surface area contributed by atoms with Crippen LogP contribution in [0.15, 0.2) is 18.2 Å². The molecule has 6 heteroatoms. The first-order valence-electron chi connectivity index (χ1n) is 7.80. The van der Waals surface area contributed by atoms with E-state index in [4.69, 9.17) is 10.5 Å². The number of amides is 1. The van der Waals surface area contributed by atoms with Crippen molar-refractivity contribution in [1.82, 2.24) is 4.98 Å². The highest BCUT2D eigenvalue weighted by Crippen LogP contribution is 2.37. The van der Waals surface area contributed by atoms with Crippen molar-refractivity contribution >= 4 is 28.6 Å². The van der Waals surface area contributed by atoms with Gasteiger partial charge in [0.15, 0.2) is 0 Å². The van der Waals surface area contributed by atoms with E-state index in [1.54, 1.807) is 25.3 Å². The van der Waals surface area contributed by atoms with E-state index in [0.717, 1.165) is 10.7 Å². The van der Waals surface area contributed by atoms with Crippen molar-refractivity contribution in [2.45, 2.75) is 38.5 Å². The lowest BCUT2D eigenvalue weighted by Crippen LogP contribution is -2.11. The van der Waals surface area contributed by atoms with Crippen LogP contribution in [0.1, 0.15) is 52.0 Å². The topological polar surface area (TPSA) is 77.2 Å². The van der Waals surface area contributed by atoms with Crippen LogP contribution in [0, 0.1) is 6.92 Å². The first kappa shape index (κ1) is 15.8. The molecular formula is C17H21N3O2S. The smallest absolute Gasteiger partial charge is 0.267 e. The molecule has 1 aliphatic rings. The van der Waals surface area contributed by atoms with Crippen LogP contribution in [0.5, 0.6) is 5.75 Å². The van der Waals surface area contributed by atoms with Crippen LogP contribution in [0.2, 0.25) is 0 Å². The minimum Gasteiger partial charge on any atom is -0.495 e. The summed E-state index contributed by atoms with van der Waals surface area (Å²) in [5.74, 6) is 0.992. The van der Waals surface area contributed by atoms with E-state index >= 15 is 0 Å². The molecule has 1 fully saturated rings. The van der Waals surface area contributed by atoms with Gasteiger partial charge < -0.3 is 15.8 Å². The van der Waals surface area contributed by atoms with Gasteiger partial charge in [0.05, 0.1) is 23.5 Å². The molecule has 2 aromatic rings. The van der Waals surface area contributed by atoms with Gasteiger partial charge in [-0.25, -0.2) is 4.98 Å². The number of nitrogens with two attached hydrogens (primary N) is 1. The quantitative estimate of drug-likeness (QED) is 0.832. The molecule has 0 saturated heterocycles. The number of nitrogens with zero attached hydrogens (tertiary/aromatic N) is 1. The number of benzene rings is 1. The van der Waals surface area contributed by atoms with Crippen LogP contribution < -0.4 is 15.8 Å². The van der Waals surface area contributed by atoms with Gasteiger partial charge in [-0.05, 0) is 38.0 Å². The minimum atomic E-state index is -0.131. The monoisotopic (exact) mass is 331 g/mol. The number of aryl methyl sites for hydroxylation is 1. The first-order chi connectivity index (χ1) is 11.1. The summed E-state index contributed by atoms with van der Waals surface area (Å²) in [5, 5.41) is 3.99. The second-order valence-electron chi connectivity index (χ2n) is 5.86. The number of carbonyl (C=O) groups is 1. The summed E-state index contributed by atoms with van der Waals surface area (Å²) < 4.78 is 5.12. The molecule has 0 radical (unpaired) electrons. The Kier molecular flexibility index (Phi) is 4.52. The van der Waals surface area contributed by atoms with Crippen molar-refractivity contribution in [3.63, 3.8) is 0 Å². The highest BCUT2D eigenvalue weighted by atomic mass is 32.1. The number of hydrogen-bond donors (Lipinski definition) is 2. The lowest BCUT2D eigenvalue weighted by atomic mass is 10.1. The zero-order valence-corrected chi connectivity index (χ0v) is 14.2. The largest absolute Gasteiger partial charge is 0.495 e. The number of aromatic nitrogens is 1. The van der Waals surface area contributed by atoms with Crippen LogP contribution in [0.3, 0.4) is 0 Å². The van der Waals surface area contributed by atoms with Gasteiger partial charge in [0.25, 0.3) is 5.91 Å². The summed E-state index contributed by atoms with van der Waals surface area (Å²) in [6.45, 7) is 1.90. The lowest BCUT2D eigenvalue weighted by Gasteiger charge is -2.08. The molecule has 3 N–H and O–H groups in total. The Morgan fingerprint density at radius 2 is 2.13 bits per heavy atom. The maximum atomic E-state index is 12.5. The molecule has 1 aromatic heterocycles. The van der Waals surface area contributed by atoms with Crippen LogP contribution >= 0.6 is 11.3 Å². The normalized spacial score (nSPS) is 14.9. The maximum Gasteiger partial charge on any atom is 0.267 e. The predicted molar refractivity (Wildman–Crippen MR) is 93.4 cm³/mol. The standard InChI is InChI=1S/C17H21N3O2S/c1-10-15(23-17(19-10)11-5-3-4-6-11)16(21)20-12-7-8-14(22-2)13(18)9-12/h7-9,11H,3-6,18H2,1-2H3,(H,20,21). The van der Waals surface area contributed by atoms with Crippen molar-refractivity contribution in [1.29, 1.82) is 0 Å². The van der Waals surface area contributed by atoms with E-state index in [1.807, 2.05) is 6.92 Å². The number of nitrogen functional groups attached to an aromatic ring is 1. The third-order valence-corrected chi connectivity index (χ3v) is 5.53. The van der Waals surface area contributed by atoms with Gasteiger partial charge in [-0.2, -0.15) is 0 Å². The van der Waals surface area contributed by atoms with E-state index < -0.39 is 0 Å². The molecule has 23 heavy (non-hydrogen) atoms. The second kappa shape index (κ2) is 6.58. The fourth-order valence-corrected chi connectivity index (χ4v) is 4.11. The molecule has 1 aromatic carbocycles. The molecule has 0 spiro atoms. The van der Waals surface area contributed by atoms with E-state index in [9.17, 15) is 4.79 Å². The van der Waals surface area contributed by atoms with Crippen molar-refractivity contribution < 1.29 is 9.53 Å². The molecule has 1 saturated carbocycles. The van der Waals surface area contributed by atoms with E-state index in [0.29, 0.717) is 27.9 Å². The molecule has 0 atom stereocenters. The van der Waals surface area contributed by atoms with Gasteiger partial charge in [-0.1, -0.05) is 12.8 Å².